The molecule has 2 saturated carbocycles. The van der Waals surface area contributed by atoms with Crippen molar-refractivity contribution >= 4 is 11.8 Å². The third-order valence-corrected chi connectivity index (χ3v) is 4.30. The molecule has 0 aliphatic heterocycles. The highest BCUT2D eigenvalue weighted by Gasteiger charge is 2.48. The van der Waals surface area contributed by atoms with Crippen LogP contribution >= 0.6 is 0 Å². The first-order valence-electron chi connectivity index (χ1n) is 7.91. The molecular formula is C17H22N2O4. The van der Waals surface area contributed by atoms with Crippen molar-refractivity contribution in [2.75, 3.05) is 14.2 Å². The number of benzene rings is 1. The molecule has 0 aromatic heterocycles. The lowest BCUT2D eigenvalue weighted by atomic mass is 10.2. The van der Waals surface area contributed by atoms with Crippen molar-refractivity contribution in [1.82, 2.24) is 10.6 Å². The minimum atomic E-state index is -0.186. The Labute approximate surface area is 135 Å². The Kier molecular flexibility index (Phi) is 4.41. The van der Waals surface area contributed by atoms with Gasteiger partial charge in [0, 0.05) is 12.6 Å². The third kappa shape index (κ3) is 3.75. The van der Waals surface area contributed by atoms with Crippen LogP contribution in [0.4, 0.5) is 0 Å². The second-order valence-electron chi connectivity index (χ2n) is 6.14. The van der Waals surface area contributed by atoms with Gasteiger partial charge < -0.3 is 20.1 Å². The monoisotopic (exact) mass is 318 g/mol. The Hall–Kier alpha value is -2.24. The van der Waals surface area contributed by atoms with Crippen LogP contribution in [0.2, 0.25) is 0 Å². The van der Waals surface area contributed by atoms with Crippen LogP contribution < -0.4 is 20.1 Å². The zero-order chi connectivity index (χ0) is 16.4. The molecule has 2 unspecified atom stereocenters. The van der Waals surface area contributed by atoms with Crippen LogP contribution in [0.25, 0.3) is 0 Å². The van der Waals surface area contributed by atoms with Gasteiger partial charge in [-0.1, -0.05) is 6.07 Å². The lowest BCUT2D eigenvalue weighted by Crippen LogP contribution is -2.31. The first-order chi connectivity index (χ1) is 11.1. The summed E-state index contributed by atoms with van der Waals surface area (Å²) in [6, 6.07) is 5.87. The van der Waals surface area contributed by atoms with Crippen molar-refractivity contribution in [1.29, 1.82) is 0 Å². The predicted octanol–water partition coefficient (Wildman–Crippen LogP) is 1.23. The van der Waals surface area contributed by atoms with Crippen LogP contribution in [0, 0.1) is 11.8 Å². The van der Waals surface area contributed by atoms with E-state index >= 15 is 0 Å². The molecule has 0 radical (unpaired) electrons. The molecule has 2 aliphatic carbocycles. The van der Waals surface area contributed by atoms with E-state index in [-0.39, 0.29) is 23.7 Å². The molecule has 23 heavy (non-hydrogen) atoms. The van der Waals surface area contributed by atoms with Gasteiger partial charge in [-0.2, -0.15) is 0 Å². The summed E-state index contributed by atoms with van der Waals surface area (Å²) in [5.74, 6) is 0.915. The Balaban J connectivity index is 1.48. The summed E-state index contributed by atoms with van der Waals surface area (Å²) in [5, 5.41) is 5.84. The highest BCUT2D eigenvalue weighted by molar-refractivity contribution is 5.92. The normalized spacial score (nSPS) is 22.2. The van der Waals surface area contributed by atoms with Gasteiger partial charge in [-0.15, -0.1) is 0 Å². The summed E-state index contributed by atoms with van der Waals surface area (Å²) >= 11 is 0. The first kappa shape index (κ1) is 15.6. The Bertz CT molecular complexity index is 613. The van der Waals surface area contributed by atoms with Gasteiger partial charge in [0.2, 0.25) is 11.8 Å². The molecule has 1 aromatic carbocycles. The summed E-state index contributed by atoms with van der Waals surface area (Å²) in [6.07, 6.45) is 2.78. The summed E-state index contributed by atoms with van der Waals surface area (Å²) in [4.78, 5) is 24.0. The van der Waals surface area contributed by atoms with E-state index in [1.807, 2.05) is 18.2 Å². The van der Waals surface area contributed by atoms with Crippen molar-refractivity contribution in [2.24, 2.45) is 11.8 Å². The molecule has 2 N–H and O–H groups in total. The van der Waals surface area contributed by atoms with Crippen LogP contribution in [0.1, 0.15) is 24.8 Å². The van der Waals surface area contributed by atoms with Gasteiger partial charge in [-0.25, -0.2) is 0 Å². The van der Waals surface area contributed by atoms with Crippen molar-refractivity contribution in [3.05, 3.63) is 23.8 Å². The van der Waals surface area contributed by atoms with Crippen LogP contribution in [0.15, 0.2) is 18.2 Å². The largest absolute Gasteiger partial charge is 0.493 e. The number of rotatable bonds is 7. The van der Waals surface area contributed by atoms with E-state index in [0.717, 1.165) is 18.4 Å². The van der Waals surface area contributed by atoms with Crippen molar-refractivity contribution in [3.8, 4) is 11.5 Å². The second-order valence-corrected chi connectivity index (χ2v) is 6.14. The molecule has 2 fully saturated rings. The number of carbonyl (C=O) groups is 2. The number of ether oxygens (including phenoxy) is 2. The number of hydrogen-bond donors (Lipinski definition) is 2. The number of nitrogens with one attached hydrogen (secondary N) is 2. The maximum absolute atomic E-state index is 12.1. The first-order valence-corrected chi connectivity index (χ1v) is 7.91. The maximum atomic E-state index is 12.1. The number of carbonyl (C=O) groups excluding carboxylic acids is 2. The molecular weight excluding hydrogens is 296 g/mol. The summed E-state index contributed by atoms with van der Waals surface area (Å²) < 4.78 is 10.4. The highest BCUT2D eigenvalue weighted by Crippen LogP contribution is 2.39. The number of hydrogen-bond acceptors (Lipinski definition) is 4. The highest BCUT2D eigenvalue weighted by atomic mass is 16.5. The zero-order valence-electron chi connectivity index (χ0n) is 13.4. The lowest BCUT2D eigenvalue weighted by molar-refractivity contribution is -0.127. The van der Waals surface area contributed by atoms with Crippen LogP contribution in [-0.2, 0) is 16.1 Å². The molecule has 1 aromatic rings. The Morgan fingerprint density at radius 1 is 1.09 bits per heavy atom. The van der Waals surface area contributed by atoms with E-state index in [4.69, 9.17) is 9.47 Å². The average Bonchev–Trinajstić information content (AvgIpc) is 3.45. The average molecular weight is 318 g/mol. The smallest absolute Gasteiger partial charge is 0.224 e. The van der Waals surface area contributed by atoms with Gasteiger partial charge in [0.1, 0.15) is 0 Å². The van der Waals surface area contributed by atoms with Gasteiger partial charge >= 0.3 is 0 Å². The van der Waals surface area contributed by atoms with Gasteiger partial charge in [0.05, 0.1) is 26.1 Å². The molecule has 0 saturated heterocycles. The van der Waals surface area contributed by atoms with E-state index in [0.29, 0.717) is 30.5 Å². The minimum Gasteiger partial charge on any atom is -0.493 e. The number of methoxy groups -OCH3 is 2. The van der Waals surface area contributed by atoms with E-state index in [9.17, 15) is 9.59 Å². The third-order valence-electron chi connectivity index (χ3n) is 4.30. The Morgan fingerprint density at radius 3 is 2.43 bits per heavy atom. The molecule has 0 bridgehead atoms. The summed E-state index contributed by atoms with van der Waals surface area (Å²) in [6.45, 7) is 0.409. The molecule has 3 rings (SSSR count). The van der Waals surface area contributed by atoms with E-state index in [1.54, 1.807) is 14.2 Å². The molecule has 6 nitrogen and oxygen atoms in total. The second kappa shape index (κ2) is 6.48. The minimum absolute atomic E-state index is 0.0266. The van der Waals surface area contributed by atoms with Gasteiger partial charge in [-0.3, -0.25) is 9.59 Å². The van der Waals surface area contributed by atoms with Gasteiger partial charge in [0.25, 0.3) is 0 Å². The van der Waals surface area contributed by atoms with Gasteiger partial charge in [0.15, 0.2) is 11.5 Å². The molecule has 6 heteroatoms. The van der Waals surface area contributed by atoms with E-state index < -0.39 is 0 Å². The van der Waals surface area contributed by atoms with Gasteiger partial charge in [-0.05, 0) is 37.0 Å². The fourth-order valence-electron chi connectivity index (χ4n) is 2.62. The number of amides is 2. The molecule has 0 heterocycles. The molecule has 2 atom stereocenters. The summed E-state index contributed by atoms with van der Waals surface area (Å²) in [5.41, 5.74) is 0.927. The maximum Gasteiger partial charge on any atom is 0.224 e. The SMILES string of the molecule is COc1ccc(CNC(=O)C2CC2C(=O)NC2CC2)cc1OC. The topological polar surface area (TPSA) is 76.7 Å². The molecule has 0 spiro atoms. The fraction of sp³-hybridized carbons (Fsp3) is 0.529. The van der Waals surface area contributed by atoms with E-state index in [2.05, 4.69) is 10.6 Å². The van der Waals surface area contributed by atoms with E-state index in [1.165, 1.54) is 0 Å². The molecule has 2 aliphatic rings. The van der Waals surface area contributed by atoms with Crippen molar-refractivity contribution in [2.45, 2.75) is 31.8 Å². The molecule has 2 amide bonds. The zero-order valence-corrected chi connectivity index (χ0v) is 13.4. The molecule has 124 valence electrons. The quantitative estimate of drug-likeness (QED) is 0.793. The predicted molar refractivity (Wildman–Crippen MR) is 84.2 cm³/mol. The standard InChI is InChI=1S/C17H22N2O4/c1-22-14-6-3-10(7-15(14)23-2)9-18-16(20)12-8-13(12)17(21)19-11-4-5-11/h3,6-7,11-13H,4-5,8-9H2,1-2H3,(H,18,20)(H,19,21). The van der Waals surface area contributed by atoms with Crippen molar-refractivity contribution < 1.29 is 19.1 Å². The van der Waals surface area contributed by atoms with Crippen molar-refractivity contribution in [3.63, 3.8) is 0 Å². The summed E-state index contributed by atoms with van der Waals surface area (Å²) in [7, 11) is 3.16. The van der Waals surface area contributed by atoms with Crippen LogP contribution in [-0.4, -0.2) is 32.1 Å². The van der Waals surface area contributed by atoms with Crippen LogP contribution in [0.5, 0.6) is 11.5 Å². The fourth-order valence-corrected chi connectivity index (χ4v) is 2.62. The lowest BCUT2D eigenvalue weighted by Gasteiger charge is -2.10. The Morgan fingerprint density at radius 2 is 1.78 bits per heavy atom. The van der Waals surface area contributed by atoms with Crippen LogP contribution in [0.3, 0.4) is 0 Å².